The molecule has 9 heteroatoms. The van der Waals surface area contributed by atoms with E-state index in [0.29, 0.717) is 23.4 Å². The van der Waals surface area contributed by atoms with Gasteiger partial charge < -0.3 is 10.1 Å². The van der Waals surface area contributed by atoms with Gasteiger partial charge in [-0.1, -0.05) is 23.2 Å². The van der Waals surface area contributed by atoms with Gasteiger partial charge in [-0.3, -0.25) is 0 Å². The summed E-state index contributed by atoms with van der Waals surface area (Å²) in [4.78, 5) is 0. The number of hydrogen-bond acceptors (Lipinski definition) is 4. The molecule has 1 aromatic carbocycles. The van der Waals surface area contributed by atoms with Crippen molar-refractivity contribution in [3.05, 3.63) is 27.7 Å². The van der Waals surface area contributed by atoms with Crippen LogP contribution in [0.4, 0.5) is 8.78 Å². The molecule has 0 spiro atoms. The number of hydrogen-bond donors (Lipinski definition) is 1. The minimum absolute atomic E-state index is 0.0131. The van der Waals surface area contributed by atoms with Crippen LogP contribution in [0.25, 0.3) is 0 Å². The Balaban J connectivity index is 2.11. The Kier molecular flexibility index (Phi) is 5.87. The summed E-state index contributed by atoms with van der Waals surface area (Å²) in [5.74, 6) is 0.0764. The number of nitrogens with one attached hydrogen (secondary N) is 1. The van der Waals surface area contributed by atoms with Gasteiger partial charge in [-0.05, 0) is 25.0 Å². The van der Waals surface area contributed by atoms with E-state index in [9.17, 15) is 17.2 Å². The highest BCUT2D eigenvalue weighted by Crippen LogP contribution is 2.33. The summed E-state index contributed by atoms with van der Waals surface area (Å²) in [7, 11) is -3.05. The lowest BCUT2D eigenvalue weighted by molar-refractivity contribution is -0.0504. The molecule has 0 unspecified atom stereocenters. The smallest absolute Gasteiger partial charge is 0.387 e. The van der Waals surface area contributed by atoms with Crippen LogP contribution in [0.3, 0.4) is 0 Å². The summed E-state index contributed by atoms with van der Waals surface area (Å²) in [6.45, 7) is -2.87. The molecule has 22 heavy (non-hydrogen) atoms. The van der Waals surface area contributed by atoms with Crippen molar-refractivity contribution in [3.63, 3.8) is 0 Å². The molecule has 2 rings (SSSR count). The summed E-state index contributed by atoms with van der Waals surface area (Å²) in [5, 5.41) is 3.32. The molecule has 0 radical (unpaired) electrons. The maximum atomic E-state index is 12.5. The SMILES string of the molecule is O=S1(=O)CCC[C@@H](NCc2cc(Cl)cc(Cl)c2OC(F)F)C1. The Bertz CT molecular complexity index is 640. The highest BCUT2D eigenvalue weighted by atomic mass is 35.5. The second kappa shape index (κ2) is 7.29. The third kappa shape index (κ3) is 4.94. The van der Waals surface area contributed by atoms with Crippen molar-refractivity contribution in [1.82, 2.24) is 5.32 Å². The van der Waals surface area contributed by atoms with Crippen LogP contribution in [0.1, 0.15) is 18.4 Å². The molecule has 1 atom stereocenters. The Morgan fingerprint density at radius 3 is 2.73 bits per heavy atom. The van der Waals surface area contributed by atoms with Crippen molar-refractivity contribution >= 4 is 33.0 Å². The lowest BCUT2D eigenvalue weighted by atomic mass is 10.1. The maximum Gasteiger partial charge on any atom is 0.387 e. The van der Waals surface area contributed by atoms with Gasteiger partial charge in [0, 0.05) is 23.2 Å². The highest BCUT2D eigenvalue weighted by Gasteiger charge is 2.25. The van der Waals surface area contributed by atoms with Crippen LogP contribution in [0.2, 0.25) is 10.0 Å². The molecule has 1 aromatic rings. The van der Waals surface area contributed by atoms with E-state index in [1.807, 2.05) is 0 Å². The van der Waals surface area contributed by atoms with Gasteiger partial charge >= 0.3 is 6.61 Å². The summed E-state index contributed by atoms with van der Waals surface area (Å²) in [6.07, 6.45) is 1.29. The molecule has 1 aliphatic rings. The van der Waals surface area contributed by atoms with E-state index < -0.39 is 16.4 Å². The van der Waals surface area contributed by atoms with Crippen molar-refractivity contribution < 1.29 is 21.9 Å². The molecular formula is C13H15Cl2F2NO3S. The van der Waals surface area contributed by atoms with Crippen molar-refractivity contribution in [2.45, 2.75) is 32.0 Å². The second-order valence-electron chi connectivity index (χ2n) is 5.09. The van der Waals surface area contributed by atoms with E-state index in [4.69, 9.17) is 23.2 Å². The topological polar surface area (TPSA) is 55.4 Å². The Labute approximate surface area is 137 Å². The maximum absolute atomic E-state index is 12.5. The van der Waals surface area contributed by atoms with Gasteiger partial charge in [-0.15, -0.1) is 0 Å². The Hall–Kier alpha value is -0.630. The van der Waals surface area contributed by atoms with E-state index in [2.05, 4.69) is 10.1 Å². The minimum atomic E-state index is -3.05. The van der Waals surface area contributed by atoms with Crippen LogP contribution in [0, 0.1) is 0 Å². The normalized spacial score (nSPS) is 21.0. The molecule has 0 bridgehead atoms. The summed E-state index contributed by atoms with van der Waals surface area (Å²) in [5.41, 5.74) is 0.362. The van der Waals surface area contributed by atoms with Crippen molar-refractivity contribution in [1.29, 1.82) is 0 Å². The van der Waals surface area contributed by atoms with Gasteiger partial charge in [0.2, 0.25) is 0 Å². The van der Waals surface area contributed by atoms with Gasteiger partial charge in [0.15, 0.2) is 9.84 Å². The van der Waals surface area contributed by atoms with Crippen molar-refractivity contribution in [3.8, 4) is 5.75 Å². The van der Waals surface area contributed by atoms with E-state index in [1.54, 1.807) is 0 Å². The van der Waals surface area contributed by atoms with Crippen molar-refractivity contribution in [2.24, 2.45) is 0 Å². The Morgan fingerprint density at radius 1 is 1.36 bits per heavy atom. The standard InChI is InChI=1S/C13H15Cl2F2NO3S/c14-9-4-8(12(11(15)5-9)21-13(16)17)6-18-10-2-1-3-22(19,20)7-10/h4-5,10,13,18H,1-3,6-7H2/t10-/m1/s1. The number of rotatable bonds is 5. The fourth-order valence-electron chi connectivity index (χ4n) is 2.40. The molecule has 1 aliphatic heterocycles. The lowest BCUT2D eigenvalue weighted by Crippen LogP contribution is -2.39. The summed E-state index contributed by atoms with van der Waals surface area (Å²) in [6, 6.07) is 2.56. The predicted octanol–water partition coefficient (Wildman–Crippen LogP) is 3.26. The summed E-state index contributed by atoms with van der Waals surface area (Å²) >= 11 is 11.8. The molecule has 1 saturated heterocycles. The average molecular weight is 374 g/mol. The zero-order valence-electron chi connectivity index (χ0n) is 11.5. The molecule has 0 saturated carbocycles. The quantitative estimate of drug-likeness (QED) is 0.860. The van der Waals surface area contributed by atoms with Crippen LogP contribution in [0.5, 0.6) is 5.75 Å². The van der Waals surface area contributed by atoms with E-state index in [1.165, 1.54) is 12.1 Å². The number of halogens is 4. The van der Waals surface area contributed by atoms with Crippen LogP contribution in [-0.2, 0) is 16.4 Å². The predicted molar refractivity (Wildman–Crippen MR) is 81.6 cm³/mol. The number of sulfone groups is 1. The summed E-state index contributed by atoms with van der Waals surface area (Å²) < 4.78 is 52.5. The molecule has 1 N–H and O–H groups in total. The molecule has 0 aliphatic carbocycles. The number of benzene rings is 1. The van der Waals surface area contributed by atoms with Gasteiger partial charge in [-0.25, -0.2) is 8.42 Å². The van der Waals surface area contributed by atoms with Gasteiger partial charge in [-0.2, -0.15) is 8.78 Å². The largest absolute Gasteiger partial charge is 0.433 e. The molecule has 124 valence electrons. The third-order valence-corrected chi connectivity index (χ3v) is 5.66. The third-order valence-electron chi connectivity index (χ3n) is 3.34. The van der Waals surface area contributed by atoms with Gasteiger partial charge in [0.25, 0.3) is 0 Å². The van der Waals surface area contributed by atoms with E-state index in [0.717, 1.165) is 0 Å². The fraction of sp³-hybridized carbons (Fsp3) is 0.538. The zero-order chi connectivity index (χ0) is 16.3. The fourth-order valence-corrected chi connectivity index (χ4v) is 4.65. The monoisotopic (exact) mass is 373 g/mol. The number of ether oxygens (including phenoxy) is 1. The lowest BCUT2D eigenvalue weighted by Gasteiger charge is -2.23. The van der Waals surface area contributed by atoms with Crippen LogP contribution >= 0.6 is 23.2 Å². The van der Waals surface area contributed by atoms with E-state index in [-0.39, 0.29) is 34.9 Å². The van der Waals surface area contributed by atoms with E-state index >= 15 is 0 Å². The molecule has 0 amide bonds. The number of alkyl halides is 2. The van der Waals surface area contributed by atoms with Crippen molar-refractivity contribution in [2.75, 3.05) is 11.5 Å². The molecule has 0 aromatic heterocycles. The first kappa shape index (κ1) is 17.7. The van der Waals surface area contributed by atoms with Crippen LogP contribution < -0.4 is 10.1 Å². The van der Waals surface area contributed by atoms with Crippen LogP contribution in [-0.4, -0.2) is 32.6 Å². The van der Waals surface area contributed by atoms with Gasteiger partial charge in [0.1, 0.15) is 5.75 Å². The first-order chi connectivity index (χ1) is 10.3. The minimum Gasteiger partial charge on any atom is -0.433 e. The second-order valence-corrected chi connectivity index (χ2v) is 8.16. The zero-order valence-corrected chi connectivity index (χ0v) is 13.8. The molecule has 4 nitrogen and oxygen atoms in total. The first-order valence-electron chi connectivity index (χ1n) is 6.63. The first-order valence-corrected chi connectivity index (χ1v) is 9.21. The Morgan fingerprint density at radius 2 is 2.09 bits per heavy atom. The van der Waals surface area contributed by atoms with Gasteiger partial charge in [0.05, 0.1) is 16.5 Å². The van der Waals surface area contributed by atoms with Crippen LogP contribution in [0.15, 0.2) is 12.1 Å². The highest BCUT2D eigenvalue weighted by molar-refractivity contribution is 7.91. The molecule has 1 fully saturated rings. The average Bonchev–Trinajstić information content (AvgIpc) is 2.38. The molecule has 1 heterocycles. The molecular weight excluding hydrogens is 359 g/mol.